The fourth-order valence-electron chi connectivity index (χ4n) is 2.44. The molecule has 0 aliphatic heterocycles. The van der Waals surface area contributed by atoms with Crippen LogP contribution in [0.3, 0.4) is 0 Å². The van der Waals surface area contributed by atoms with Crippen LogP contribution < -0.4 is 10.1 Å². The van der Waals surface area contributed by atoms with Crippen molar-refractivity contribution in [2.45, 2.75) is 13.8 Å². The minimum atomic E-state index is 0.730. The molecule has 128 valence electrons. The van der Waals surface area contributed by atoms with Crippen LogP contribution in [0.5, 0.6) is 11.5 Å². The van der Waals surface area contributed by atoms with Gasteiger partial charge in [-0.2, -0.15) is 0 Å². The van der Waals surface area contributed by atoms with Crippen LogP contribution in [0.15, 0.2) is 46.4 Å². The van der Waals surface area contributed by atoms with Crippen molar-refractivity contribution in [1.29, 1.82) is 0 Å². The summed E-state index contributed by atoms with van der Waals surface area (Å²) in [6, 6.07) is 11.6. The molecule has 0 saturated heterocycles. The number of rotatable bonds is 4. The molecule has 0 unspecified atom stereocenters. The normalized spacial score (nSPS) is 12.1. The van der Waals surface area contributed by atoms with Crippen molar-refractivity contribution in [3.05, 3.63) is 42.0 Å². The first-order valence-electron chi connectivity index (χ1n) is 7.87. The molecule has 3 rings (SSSR count). The van der Waals surface area contributed by atoms with Gasteiger partial charge in [-0.05, 0) is 49.7 Å². The van der Waals surface area contributed by atoms with Crippen molar-refractivity contribution in [2.75, 3.05) is 12.4 Å². The second-order valence-corrected chi connectivity index (χ2v) is 5.66. The highest BCUT2D eigenvalue weighted by Gasteiger charge is 2.07. The Morgan fingerprint density at radius 3 is 2.84 bits per heavy atom. The molecule has 0 bridgehead atoms. The number of aryl methyl sites for hydroxylation is 2. The number of nitrogens with one attached hydrogen (secondary N) is 1. The van der Waals surface area contributed by atoms with Gasteiger partial charge in [-0.1, -0.05) is 5.21 Å². The maximum atomic E-state index is 6.00. The van der Waals surface area contributed by atoms with Gasteiger partial charge in [0, 0.05) is 25.8 Å². The maximum absolute atomic E-state index is 6.00. The molecule has 0 spiro atoms. The van der Waals surface area contributed by atoms with E-state index < -0.39 is 0 Å². The van der Waals surface area contributed by atoms with Gasteiger partial charge in [-0.3, -0.25) is 4.99 Å². The smallest absolute Gasteiger partial charge is 0.130 e. The lowest BCUT2D eigenvalue weighted by Crippen LogP contribution is -2.07. The Morgan fingerprint density at radius 1 is 1.24 bits per heavy atom. The van der Waals surface area contributed by atoms with E-state index >= 15 is 0 Å². The standard InChI is InChI=1S/C18H20N6O/c1-12-9-14(21-13(2)20-11-19-3)5-8-18(12)25-15-6-7-17-16(10-15)22-23-24(17)4/h5-11H,1-4H3,(H,19,20,21). The molecule has 7 heteroatoms. The molecule has 0 saturated carbocycles. The average Bonchev–Trinajstić information content (AvgIpc) is 2.96. The summed E-state index contributed by atoms with van der Waals surface area (Å²) in [5, 5.41) is 11.3. The van der Waals surface area contributed by atoms with Crippen LogP contribution >= 0.6 is 0 Å². The molecule has 0 aliphatic carbocycles. The van der Waals surface area contributed by atoms with Gasteiger partial charge in [0.2, 0.25) is 0 Å². The second kappa shape index (κ2) is 7.12. The lowest BCUT2D eigenvalue weighted by molar-refractivity contribution is 0.479. The van der Waals surface area contributed by atoms with Crippen molar-refractivity contribution in [1.82, 2.24) is 15.0 Å². The number of fused-ring (bicyclic) bond motifs is 1. The van der Waals surface area contributed by atoms with Gasteiger partial charge in [0.05, 0.1) is 5.52 Å². The van der Waals surface area contributed by atoms with Crippen LogP contribution in [-0.4, -0.2) is 34.2 Å². The highest BCUT2D eigenvalue weighted by molar-refractivity contribution is 5.97. The number of amidine groups is 1. The number of aromatic nitrogens is 3. The van der Waals surface area contributed by atoms with E-state index in [1.165, 1.54) is 6.34 Å². The summed E-state index contributed by atoms with van der Waals surface area (Å²) in [5.74, 6) is 2.29. The van der Waals surface area contributed by atoms with Crippen LogP contribution in [-0.2, 0) is 7.05 Å². The first-order chi connectivity index (χ1) is 12.1. The first kappa shape index (κ1) is 16.6. The van der Waals surface area contributed by atoms with Gasteiger partial charge < -0.3 is 10.1 Å². The van der Waals surface area contributed by atoms with Crippen LogP contribution in [0.4, 0.5) is 5.69 Å². The van der Waals surface area contributed by atoms with E-state index in [1.54, 1.807) is 11.7 Å². The monoisotopic (exact) mass is 336 g/mol. The largest absolute Gasteiger partial charge is 0.457 e. The molecule has 1 heterocycles. The molecule has 0 amide bonds. The Labute approximate surface area is 146 Å². The molecular weight excluding hydrogens is 316 g/mol. The van der Waals surface area contributed by atoms with Crippen molar-refractivity contribution >= 4 is 28.9 Å². The summed E-state index contributed by atoms with van der Waals surface area (Å²) in [4.78, 5) is 7.99. The van der Waals surface area contributed by atoms with Crippen molar-refractivity contribution in [3.8, 4) is 11.5 Å². The Balaban J connectivity index is 1.78. The van der Waals surface area contributed by atoms with E-state index in [4.69, 9.17) is 4.74 Å². The van der Waals surface area contributed by atoms with E-state index in [0.29, 0.717) is 0 Å². The number of hydrogen-bond acceptors (Lipinski definition) is 4. The van der Waals surface area contributed by atoms with E-state index in [2.05, 4.69) is 25.6 Å². The predicted molar refractivity (Wildman–Crippen MR) is 101 cm³/mol. The quantitative estimate of drug-likeness (QED) is 0.584. The topological polar surface area (TPSA) is 76.7 Å². The van der Waals surface area contributed by atoms with Crippen LogP contribution in [0, 0.1) is 6.92 Å². The van der Waals surface area contributed by atoms with Gasteiger partial charge in [0.1, 0.15) is 29.2 Å². The molecule has 0 atom stereocenters. The van der Waals surface area contributed by atoms with Crippen LogP contribution in [0.2, 0.25) is 0 Å². The fourth-order valence-corrected chi connectivity index (χ4v) is 2.44. The maximum Gasteiger partial charge on any atom is 0.130 e. The van der Waals surface area contributed by atoms with Gasteiger partial charge in [-0.25, -0.2) is 9.67 Å². The molecule has 3 aromatic rings. The SMILES string of the molecule is CN=CN=C(C)Nc1ccc(Oc2ccc3c(c2)nnn3C)c(C)c1. The van der Waals surface area contributed by atoms with E-state index in [0.717, 1.165) is 39.6 Å². The second-order valence-electron chi connectivity index (χ2n) is 5.66. The minimum Gasteiger partial charge on any atom is -0.457 e. The van der Waals surface area contributed by atoms with Crippen molar-refractivity contribution in [2.24, 2.45) is 17.0 Å². The summed E-state index contributed by atoms with van der Waals surface area (Å²) in [7, 11) is 3.55. The van der Waals surface area contributed by atoms with E-state index in [-0.39, 0.29) is 0 Å². The summed E-state index contributed by atoms with van der Waals surface area (Å²) in [6.45, 7) is 3.89. The highest BCUT2D eigenvalue weighted by atomic mass is 16.5. The molecule has 0 radical (unpaired) electrons. The Bertz CT molecular complexity index is 957. The third kappa shape index (κ3) is 3.82. The molecule has 0 fully saturated rings. The van der Waals surface area contributed by atoms with Gasteiger partial charge in [-0.15, -0.1) is 5.10 Å². The summed E-state index contributed by atoms with van der Waals surface area (Å²) < 4.78 is 7.73. The van der Waals surface area contributed by atoms with Gasteiger partial charge in [0.25, 0.3) is 0 Å². The lowest BCUT2D eigenvalue weighted by Gasteiger charge is -2.11. The number of ether oxygens (including phenoxy) is 1. The molecular formula is C18H20N6O. The fraction of sp³-hybridized carbons (Fsp3) is 0.222. The molecule has 1 N–H and O–H groups in total. The van der Waals surface area contributed by atoms with E-state index in [1.807, 2.05) is 57.3 Å². The van der Waals surface area contributed by atoms with Crippen LogP contribution in [0.1, 0.15) is 12.5 Å². The third-order valence-electron chi connectivity index (χ3n) is 3.68. The number of benzene rings is 2. The molecule has 0 aliphatic rings. The lowest BCUT2D eigenvalue weighted by atomic mass is 10.2. The third-order valence-corrected chi connectivity index (χ3v) is 3.68. The Kier molecular flexibility index (Phi) is 4.74. The van der Waals surface area contributed by atoms with Crippen molar-refractivity contribution < 1.29 is 4.74 Å². The molecule has 1 aromatic heterocycles. The summed E-state index contributed by atoms with van der Waals surface area (Å²) in [6.07, 6.45) is 1.51. The summed E-state index contributed by atoms with van der Waals surface area (Å²) >= 11 is 0. The van der Waals surface area contributed by atoms with Crippen molar-refractivity contribution in [3.63, 3.8) is 0 Å². The Hall–Kier alpha value is -3.22. The average molecular weight is 336 g/mol. The molecule has 2 aromatic carbocycles. The first-order valence-corrected chi connectivity index (χ1v) is 7.87. The minimum absolute atomic E-state index is 0.730. The van der Waals surface area contributed by atoms with Crippen LogP contribution in [0.25, 0.3) is 11.0 Å². The zero-order valence-corrected chi connectivity index (χ0v) is 14.7. The number of nitrogens with zero attached hydrogens (tertiary/aromatic N) is 5. The number of anilines is 1. The van der Waals surface area contributed by atoms with Gasteiger partial charge in [0.15, 0.2) is 0 Å². The molecule has 7 nitrogen and oxygen atoms in total. The summed E-state index contributed by atoms with van der Waals surface area (Å²) in [5.41, 5.74) is 3.73. The zero-order chi connectivity index (χ0) is 17.8. The predicted octanol–water partition coefficient (Wildman–Crippen LogP) is 3.56. The van der Waals surface area contributed by atoms with Gasteiger partial charge >= 0.3 is 0 Å². The highest BCUT2D eigenvalue weighted by Crippen LogP contribution is 2.28. The Morgan fingerprint density at radius 2 is 2.08 bits per heavy atom. The number of aliphatic imine (C=N–C) groups is 2. The number of hydrogen-bond donors (Lipinski definition) is 1. The molecule has 25 heavy (non-hydrogen) atoms. The van der Waals surface area contributed by atoms with E-state index in [9.17, 15) is 0 Å². The zero-order valence-electron chi connectivity index (χ0n) is 14.7.